The van der Waals surface area contributed by atoms with Crippen molar-refractivity contribution >= 4 is 28.3 Å². The largest absolute Gasteiger partial charge is 0.354 e. The van der Waals surface area contributed by atoms with Gasteiger partial charge in [0.15, 0.2) is 0 Å². The second kappa shape index (κ2) is 5.66. The second-order valence-corrected chi connectivity index (χ2v) is 4.63. The number of anilines is 1. The van der Waals surface area contributed by atoms with Crippen LogP contribution in [0.1, 0.15) is 39.4 Å². The number of aryl methyl sites for hydroxylation is 1. The maximum Gasteiger partial charge on any atom is 0.203 e. The van der Waals surface area contributed by atoms with Crippen LogP contribution >= 0.6 is 23.1 Å². The smallest absolute Gasteiger partial charge is 0.203 e. The topological polar surface area (TPSA) is 37.8 Å². The molecule has 0 saturated heterocycles. The van der Waals surface area contributed by atoms with Crippen LogP contribution in [0.3, 0.4) is 0 Å². The lowest BCUT2D eigenvalue weighted by molar-refractivity contribution is 0.484. The third-order valence-electron chi connectivity index (χ3n) is 2.77. The molecule has 0 aliphatic rings. The molecule has 1 aromatic rings. The lowest BCUT2D eigenvalue weighted by Gasteiger charge is -2.30. The zero-order chi connectivity index (χ0) is 11.3. The molecule has 0 amide bonds. The molecule has 0 saturated carbocycles. The minimum Gasteiger partial charge on any atom is -0.354 e. The molecule has 1 N–H and O–H groups in total. The number of halogens is 1. The van der Waals surface area contributed by atoms with Crippen LogP contribution in [0, 0.1) is 0 Å². The van der Waals surface area contributed by atoms with E-state index in [2.05, 4.69) is 35.4 Å². The van der Waals surface area contributed by atoms with E-state index in [4.69, 9.17) is 11.6 Å². The van der Waals surface area contributed by atoms with E-state index in [9.17, 15) is 0 Å². The Kier molecular flexibility index (Phi) is 4.80. The first-order valence-electron chi connectivity index (χ1n) is 5.36. The fourth-order valence-electron chi connectivity index (χ4n) is 1.32. The van der Waals surface area contributed by atoms with Gasteiger partial charge >= 0.3 is 0 Å². The van der Waals surface area contributed by atoms with Gasteiger partial charge in [0, 0.05) is 23.8 Å². The van der Waals surface area contributed by atoms with Crippen molar-refractivity contribution < 1.29 is 0 Å². The van der Waals surface area contributed by atoms with Crippen LogP contribution < -0.4 is 5.32 Å². The van der Waals surface area contributed by atoms with Gasteiger partial charge in [0.25, 0.3) is 0 Å². The second-order valence-electron chi connectivity index (χ2n) is 3.62. The zero-order valence-electron chi connectivity index (χ0n) is 9.51. The molecule has 0 unspecified atom stereocenters. The summed E-state index contributed by atoms with van der Waals surface area (Å²) < 4.78 is 4.25. The molecular weight excluding hydrogens is 230 g/mol. The Labute approximate surface area is 100 Å². The summed E-state index contributed by atoms with van der Waals surface area (Å²) in [7, 11) is 0. The molecule has 86 valence electrons. The summed E-state index contributed by atoms with van der Waals surface area (Å²) in [5, 5.41) is 4.29. The fraction of sp³-hybridized carbons (Fsp3) is 0.800. The molecule has 0 bridgehead atoms. The molecule has 1 rings (SSSR count). The molecule has 0 aliphatic carbocycles. The lowest BCUT2D eigenvalue weighted by atomic mass is 9.96. The van der Waals surface area contributed by atoms with Crippen molar-refractivity contribution in [1.82, 2.24) is 9.36 Å². The van der Waals surface area contributed by atoms with Crippen molar-refractivity contribution in [2.24, 2.45) is 0 Å². The quantitative estimate of drug-likeness (QED) is 0.784. The van der Waals surface area contributed by atoms with Crippen LogP contribution in [0.4, 0.5) is 5.13 Å². The van der Waals surface area contributed by atoms with Crippen molar-refractivity contribution in [2.45, 2.75) is 45.6 Å². The van der Waals surface area contributed by atoms with E-state index in [1.807, 2.05) is 0 Å². The summed E-state index contributed by atoms with van der Waals surface area (Å²) in [4.78, 5) is 4.40. The predicted molar refractivity (Wildman–Crippen MR) is 66.9 cm³/mol. The number of rotatable bonds is 6. The molecule has 0 aliphatic heterocycles. The predicted octanol–water partition coefficient (Wildman–Crippen LogP) is 3.31. The van der Waals surface area contributed by atoms with E-state index in [1.54, 1.807) is 0 Å². The summed E-state index contributed by atoms with van der Waals surface area (Å²) in [5.41, 5.74) is -0.0356. The van der Waals surface area contributed by atoms with Crippen molar-refractivity contribution in [2.75, 3.05) is 11.2 Å². The van der Waals surface area contributed by atoms with Gasteiger partial charge < -0.3 is 5.32 Å². The maximum atomic E-state index is 6.01. The van der Waals surface area contributed by atoms with Crippen LogP contribution in [0.5, 0.6) is 0 Å². The molecule has 15 heavy (non-hydrogen) atoms. The molecule has 1 heterocycles. The van der Waals surface area contributed by atoms with Gasteiger partial charge in [-0.25, -0.2) is 4.98 Å². The number of nitrogens with zero attached hydrogens (tertiary/aromatic N) is 2. The van der Waals surface area contributed by atoms with Gasteiger partial charge in [0.2, 0.25) is 5.13 Å². The average Bonchev–Trinajstić information content (AvgIpc) is 2.73. The fourth-order valence-corrected chi connectivity index (χ4v) is 2.54. The van der Waals surface area contributed by atoms with Gasteiger partial charge in [-0.1, -0.05) is 20.8 Å². The van der Waals surface area contributed by atoms with Crippen molar-refractivity contribution in [1.29, 1.82) is 0 Å². The third-order valence-corrected chi connectivity index (χ3v) is 3.95. The summed E-state index contributed by atoms with van der Waals surface area (Å²) >= 11 is 7.43. The van der Waals surface area contributed by atoms with Gasteiger partial charge in [-0.3, -0.25) is 0 Å². The van der Waals surface area contributed by atoms with E-state index in [-0.39, 0.29) is 5.54 Å². The molecule has 1 aromatic heterocycles. The molecular formula is C10H18ClN3S. The Bertz CT molecular complexity index is 288. The summed E-state index contributed by atoms with van der Waals surface area (Å²) in [6.45, 7) is 6.33. The van der Waals surface area contributed by atoms with Gasteiger partial charge in [-0.2, -0.15) is 4.37 Å². The van der Waals surface area contributed by atoms with Crippen LogP contribution in [0.25, 0.3) is 0 Å². The zero-order valence-corrected chi connectivity index (χ0v) is 11.1. The van der Waals surface area contributed by atoms with Crippen molar-refractivity contribution in [3.05, 3.63) is 5.82 Å². The molecule has 3 nitrogen and oxygen atoms in total. The molecule has 0 atom stereocenters. The Morgan fingerprint density at radius 3 is 2.40 bits per heavy atom. The van der Waals surface area contributed by atoms with E-state index >= 15 is 0 Å². The summed E-state index contributed by atoms with van der Waals surface area (Å²) in [6.07, 6.45) is 2.87. The highest BCUT2D eigenvalue weighted by Gasteiger charge is 2.25. The third kappa shape index (κ3) is 3.05. The van der Waals surface area contributed by atoms with Gasteiger partial charge in [0.05, 0.1) is 5.54 Å². The number of aromatic nitrogens is 2. The number of hydrogen-bond donors (Lipinski definition) is 1. The summed E-state index contributed by atoms with van der Waals surface area (Å²) in [6, 6.07) is 0. The molecule has 0 aromatic carbocycles. The first-order valence-corrected chi connectivity index (χ1v) is 6.67. The Balaban J connectivity index is 2.73. The highest BCUT2D eigenvalue weighted by molar-refractivity contribution is 7.09. The number of alkyl halides is 1. The van der Waals surface area contributed by atoms with Crippen LogP contribution in [0.2, 0.25) is 0 Å². The van der Waals surface area contributed by atoms with E-state index < -0.39 is 0 Å². The Hall–Kier alpha value is -0.350. The lowest BCUT2D eigenvalue weighted by Crippen LogP contribution is -2.38. The maximum absolute atomic E-state index is 6.01. The van der Waals surface area contributed by atoms with E-state index in [0.717, 1.165) is 30.2 Å². The number of nitrogens with one attached hydrogen (secondary N) is 1. The monoisotopic (exact) mass is 247 g/mol. The average molecular weight is 248 g/mol. The normalized spacial score (nSPS) is 11.7. The molecule has 0 spiro atoms. The molecule has 0 radical (unpaired) electrons. The van der Waals surface area contributed by atoms with Gasteiger partial charge in [0.1, 0.15) is 5.82 Å². The minimum atomic E-state index is -0.0356. The van der Waals surface area contributed by atoms with Crippen LogP contribution in [-0.4, -0.2) is 20.8 Å². The Morgan fingerprint density at radius 1 is 1.33 bits per heavy atom. The SMILES string of the molecule is CCc1nsc(NC(CC)(CC)CCl)n1. The summed E-state index contributed by atoms with van der Waals surface area (Å²) in [5.74, 6) is 1.50. The highest BCUT2D eigenvalue weighted by atomic mass is 35.5. The van der Waals surface area contributed by atoms with Crippen molar-refractivity contribution in [3.63, 3.8) is 0 Å². The first kappa shape index (κ1) is 12.7. The van der Waals surface area contributed by atoms with E-state index in [1.165, 1.54) is 11.5 Å². The Morgan fingerprint density at radius 2 is 2.00 bits per heavy atom. The standard InChI is InChI=1S/C10H18ClN3S/c1-4-8-12-9(15-14-8)13-10(5-2,6-3)7-11/h4-7H2,1-3H3,(H,12,13,14). The number of hydrogen-bond acceptors (Lipinski definition) is 4. The minimum absolute atomic E-state index is 0.0356. The molecule has 5 heteroatoms. The van der Waals surface area contributed by atoms with Gasteiger partial charge in [-0.15, -0.1) is 11.6 Å². The highest BCUT2D eigenvalue weighted by Crippen LogP contribution is 2.24. The molecule has 0 fully saturated rings. The van der Waals surface area contributed by atoms with E-state index in [0.29, 0.717) is 5.88 Å². The van der Waals surface area contributed by atoms with Crippen LogP contribution in [0.15, 0.2) is 0 Å². The van der Waals surface area contributed by atoms with Gasteiger partial charge in [-0.05, 0) is 12.8 Å². The first-order chi connectivity index (χ1) is 7.19. The van der Waals surface area contributed by atoms with Crippen LogP contribution in [-0.2, 0) is 6.42 Å². The van der Waals surface area contributed by atoms with Crippen molar-refractivity contribution in [3.8, 4) is 0 Å².